The molecule has 3 heterocycles. The fraction of sp³-hybridized carbons (Fsp3) is 0.216. The summed E-state index contributed by atoms with van der Waals surface area (Å²) in [6.45, 7) is 2.13. The van der Waals surface area contributed by atoms with Gasteiger partial charge in [0, 0.05) is 13.2 Å². The Balaban J connectivity index is 0.000000165. The topological polar surface area (TPSA) is 112 Å². The number of fused-ring (bicyclic) bond motifs is 2. The first-order valence-electron chi connectivity index (χ1n) is 14.9. The minimum atomic E-state index is -1.11. The molecule has 242 valence electrons. The molecular formula is C37H32F2O8. The van der Waals surface area contributed by atoms with E-state index in [4.69, 9.17) is 13.9 Å². The van der Waals surface area contributed by atoms with E-state index in [2.05, 4.69) is 4.74 Å². The van der Waals surface area contributed by atoms with Gasteiger partial charge in [0.05, 0.1) is 18.1 Å². The first-order valence-corrected chi connectivity index (χ1v) is 14.9. The Morgan fingerprint density at radius 3 is 1.89 bits per heavy atom. The fourth-order valence-corrected chi connectivity index (χ4v) is 5.02. The van der Waals surface area contributed by atoms with E-state index in [1.807, 2.05) is 18.2 Å². The van der Waals surface area contributed by atoms with Crippen molar-refractivity contribution in [3.8, 4) is 11.5 Å². The fourth-order valence-electron chi connectivity index (χ4n) is 5.02. The number of carbonyl (C=O) groups excluding carboxylic acids is 3. The Hall–Kier alpha value is -5.35. The molecule has 0 bridgehead atoms. The molecule has 2 aliphatic heterocycles. The molecule has 8 nitrogen and oxygen atoms in total. The van der Waals surface area contributed by atoms with Crippen molar-refractivity contribution in [3.05, 3.63) is 130 Å². The standard InChI is InChI=1S/C18H13FO5.C15H11FO2.C4H8O/c1-23-18(22)16(21)17-15(20)13-9-11(4-7-14(13)24-17)8-10-2-5-12(19)6-3-10;16-12-4-1-10(2-5-12)7-11-3-6-15-13(8-11)14(17)9-18-15;1-2-4-5-3-1/h2-7,9,20H,8H2,1H3;1-6,8H,7,9H2;1-4H2. The average Bonchev–Trinajstić information content (AvgIpc) is 3.86. The van der Waals surface area contributed by atoms with Crippen molar-refractivity contribution in [2.24, 2.45) is 0 Å². The third-order valence-corrected chi connectivity index (χ3v) is 7.48. The maximum atomic E-state index is 12.9. The largest absolute Gasteiger partial charge is 0.504 e. The SMILES string of the molecule is C1CCOC1.COC(=O)C(=O)c1oc2ccc(Cc3ccc(F)cc3)cc2c1O.O=C1COc2ccc(Cc3ccc(F)cc3)cc21. The highest BCUT2D eigenvalue weighted by molar-refractivity contribution is 6.41. The van der Waals surface area contributed by atoms with Gasteiger partial charge < -0.3 is 23.7 Å². The Labute approximate surface area is 269 Å². The molecule has 1 saturated heterocycles. The van der Waals surface area contributed by atoms with Gasteiger partial charge in [-0.1, -0.05) is 36.4 Å². The number of rotatable bonds is 6. The van der Waals surface area contributed by atoms with E-state index in [0.29, 0.717) is 29.5 Å². The number of halogens is 2. The lowest BCUT2D eigenvalue weighted by Crippen LogP contribution is -2.14. The number of hydrogen-bond donors (Lipinski definition) is 1. The molecule has 1 N–H and O–H groups in total. The van der Waals surface area contributed by atoms with Gasteiger partial charge >= 0.3 is 11.8 Å². The van der Waals surface area contributed by atoms with Crippen LogP contribution in [-0.4, -0.2) is 49.6 Å². The van der Waals surface area contributed by atoms with Gasteiger partial charge in [0.25, 0.3) is 0 Å². The van der Waals surface area contributed by atoms with Crippen LogP contribution in [0.4, 0.5) is 8.78 Å². The monoisotopic (exact) mass is 642 g/mol. The van der Waals surface area contributed by atoms with Crippen molar-refractivity contribution < 1.29 is 46.9 Å². The molecule has 47 heavy (non-hydrogen) atoms. The summed E-state index contributed by atoms with van der Waals surface area (Å²) in [7, 11) is 1.07. The Morgan fingerprint density at radius 2 is 1.34 bits per heavy atom. The Bertz CT molecular complexity index is 1870. The molecule has 0 unspecified atom stereocenters. The van der Waals surface area contributed by atoms with Gasteiger partial charge in [-0.15, -0.1) is 0 Å². The zero-order valence-corrected chi connectivity index (χ0v) is 25.6. The molecule has 7 rings (SSSR count). The molecule has 0 atom stereocenters. The van der Waals surface area contributed by atoms with Crippen molar-refractivity contribution in [3.63, 3.8) is 0 Å². The number of hydrogen-bond acceptors (Lipinski definition) is 8. The zero-order valence-electron chi connectivity index (χ0n) is 25.6. The molecular weight excluding hydrogens is 610 g/mol. The van der Waals surface area contributed by atoms with Crippen LogP contribution in [0.5, 0.6) is 11.5 Å². The van der Waals surface area contributed by atoms with Crippen molar-refractivity contribution in [1.29, 1.82) is 0 Å². The van der Waals surface area contributed by atoms with Gasteiger partial charge in [0.15, 0.2) is 12.4 Å². The molecule has 0 spiro atoms. The van der Waals surface area contributed by atoms with E-state index >= 15 is 0 Å². The number of methoxy groups -OCH3 is 1. The highest BCUT2D eigenvalue weighted by atomic mass is 19.1. The van der Waals surface area contributed by atoms with Gasteiger partial charge in [-0.05, 0) is 96.5 Å². The third-order valence-electron chi connectivity index (χ3n) is 7.48. The smallest absolute Gasteiger partial charge is 0.382 e. The molecule has 0 radical (unpaired) electrons. The van der Waals surface area contributed by atoms with Crippen LogP contribution < -0.4 is 4.74 Å². The van der Waals surface area contributed by atoms with E-state index in [1.54, 1.807) is 42.5 Å². The Morgan fingerprint density at radius 1 is 0.787 bits per heavy atom. The lowest BCUT2D eigenvalue weighted by molar-refractivity contribution is -0.135. The van der Waals surface area contributed by atoms with Crippen LogP contribution in [-0.2, 0) is 27.1 Å². The molecule has 0 amide bonds. The highest BCUT2D eigenvalue weighted by Gasteiger charge is 2.27. The van der Waals surface area contributed by atoms with E-state index in [1.165, 1.54) is 37.1 Å². The molecule has 5 aromatic rings. The highest BCUT2D eigenvalue weighted by Crippen LogP contribution is 2.33. The quantitative estimate of drug-likeness (QED) is 0.120. The lowest BCUT2D eigenvalue weighted by atomic mass is 10.0. The maximum Gasteiger partial charge on any atom is 0.382 e. The minimum Gasteiger partial charge on any atom is -0.504 e. The number of ketones is 2. The second kappa shape index (κ2) is 15.3. The third kappa shape index (κ3) is 8.47. The minimum absolute atomic E-state index is 0.0194. The van der Waals surface area contributed by atoms with Crippen molar-refractivity contribution >= 4 is 28.5 Å². The summed E-state index contributed by atoms with van der Waals surface area (Å²) in [4.78, 5) is 34.7. The van der Waals surface area contributed by atoms with Crippen molar-refractivity contribution in [1.82, 2.24) is 0 Å². The second-order valence-electron chi connectivity index (χ2n) is 10.9. The number of Topliss-reactive ketones (excluding diaryl/α,β-unsaturated/α-hetero) is 2. The Kier molecular flexibility index (Phi) is 10.7. The summed E-state index contributed by atoms with van der Waals surface area (Å²) in [5.74, 6) is -2.89. The summed E-state index contributed by atoms with van der Waals surface area (Å²) in [6.07, 6.45) is 3.75. The van der Waals surface area contributed by atoms with Crippen molar-refractivity contribution in [2.75, 3.05) is 26.9 Å². The molecule has 10 heteroatoms. The number of carbonyl (C=O) groups is 3. The van der Waals surface area contributed by atoms with Gasteiger partial charge in [0.2, 0.25) is 11.5 Å². The van der Waals surface area contributed by atoms with Crippen LogP contribution in [0.2, 0.25) is 0 Å². The first-order chi connectivity index (χ1) is 22.7. The summed E-state index contributed by atoms with van der Waals surface area (Å²) >= 11 is 0. The number of esters is 1. The van der Waals surface area contributed by atoms with Gasteiger partial charge in [-0.3, -0.25) is 9.59 Å². The van der Waals surface area contributed by atoms with E-state index < -0.39 is 23.3 Å². The summed E-state index contributed by atoms with van der Waals surface area (Å²) < 4.78 is 45.5. The average molecular weight is 643 g/mol. The summed E-state index contributed by atoms with van der Waals surface area (Å²) in [5, 5.41) is 10.5. The predicted molar refractivity (Wildman–Crippen MR) is 169 cm³/mol. The summed E-state index contributed by atoms with van der Waals surface area (Å²) in [5.41, 5.74) is 4.70. The first kappa shape index (κ1) is 33.0. The number of furan rings is 1. The van der Waals surface area contributed by atoms with Gasteiger partial charge in [-0.25, -0.2) is 13.6 Å². The number of ether oxygens (including phenoxy) is 3. The molecule has 1 fully saturated rings. The predicted octanol–water partition coefficient (Wildman–Crippen LogP) is 7.01. The van der Waals surface area contributed by atoms with E-state index in [0.717, 1.165) is 42.6 Å². The van der Waals surface area contributed by atoms with Crippen LogP contribution in [0.1, 0.15) is 56.0 Å². The van der Waals surface area contributed by atoms with E-state index in [-0.39, 0.29) is 29.6 Å². The van der Waals surface area contributed by atoms with Gasteiger partial charge in [-0.2, -0.15) is 0 Å². The van der Waals surface area contributed by atoms with Crippen LogP contribution in [0, 0.1) is 11.6 Å². The lowest BCUT2D eigenvalue weighted by Gasteiger charge is -2.04. The van der Waals surface area contributed by atoms with Crippen LogP contribution in [0.15, 0.2) is 89.3 Å². The molecule has 4 aromatic carbocycles. The van der Waals surface area contributed by atoms with Crippen molar-refractivity contribution in [2.45, 2.75) is 25.7 Å². The molecule has 0 saturated carbocycles. The molecule has 0 aliphatic carbocycles. The molecule has 1 aromatic heterocycles. The van der Waals surface area contributed by atoms with Crippen LogP contribution >= 0.6 is 0 Å². The van der Waals surface area contributed by atoms with Gasteiger partial charge in [0.1, 0.15) is 23.0 Å². The zero-order chi connectivity index (χ0) is 33.3. The molecule has 2 aliphatic rings. The second-order valence-corrected chi connectivity index (χ2v) is 10.9. The number of aromatic hydroxyl groups is 1. The van der Waals surface area contributed by atoms with E-state index in [9.17, 15) is 28.3 Å². The van der Waals surface area contributed by atoms with Crippen LogP contribution in [0.3, 0.4) is 0 Å². The maximum absolute atomic E-state index is 12.9. The number of benzene rings is 4. The van der Waals surface area contributed by atoms with Crippen LogP contribution in [0.25, 0.3) is 11.0 Å². The summed E-state index contributed by atoms with van der Waals surface area (Å²) in [6, 6.07) is 23.1. The normalized spacial score (nSPS) is 13.1.